The molecule has 0 bridgehead atoms. The lowest BCUT2D eigenvalue weighted by molar-refractivity contribution is -0.112. The highest BCUT2D eigenvalue weighted by Crippen LogP contribution is 2.30. The van der Waals surface area contributed by atoms with Crippen LogP contribution in [0.2, 0.25) is 0 Å². The Kier molecular flexibility index (Phi) is 4.06. The summed E-state index contributed by atoms with van der Waals surface area (Å²) in [6.45, 7) is 6.33. The summed E-state index contributed by atoms with van der Waals surface area (Å²) in [6.07, 6.45) is 3.11. The summed E-state index contributed by atoms with van der Waals surface area (Å²) in [5.74, 6) is -1.15. The molecule has 23 heavy (non-hydrogen) atoms. The van der Waals surface area contributed by atoms with E-state index in [4.69, 9.17) is 0 Å². The molecule has 120 valence electrons. The Morgan fingerprint density at radius 2 is 1.83 bits per heavy atom. The van der Waals surface area contributed by atoms with Crippen LogP contribution in [-0.4, -0.2) is 16.7 Å². The van der Waals surface area contributed by atoms with Crippen LogP contribution in [0, 0.1) is 0 Å². The van der Waals surface area contributed by atoms with Crippen LogP contribution in [0.15, 0.2) is 24.3 Å². The summed E-state index contributed by atoms with van der Waals surface area (Å²) in [6, 6.07) is 7.23. The van der Waals surface area contributed by atoms with E-state index in [1.807, 2.05) is 12.1 Å². The molecule has 0 aliphatic heterocycles. The summed E-state index contributed by atoms with van der Waals surface area (Å²) in [7, 11) is 0. The molecule has 5 heteroatoms. The molecule has 1 aliphatic carbocycles. The van der Waals surface area contributed by atoms with Gasteiger partial charge in [-0.1, -0.05) is 45.0 Å². The van der Waals surface area contributed by atoms with Crippen molar-refractivity contribution in [2.45, 2.75) is 45.4 Å². The number of thiazole rings is 1. The molecule has 0 unspecified atom stereocenters. The minimum absolute atomic E-state index is 0.0191. The Labute approximate surface area is 140 Å². The van der Waals surface area contributed by atoms with Crippen molar-refractivity contribution in [1.29, 1.82) is 0 Å². The van der Waals surface area contributed by atoms with Gasteiger partial charge in [0.2, 0.25) is 0 Å². The maximum atomic E-state index is 12.3. The number of aromatic nitrogens is 1. The number of anilines is 1. The lowest BCUT2D eigenvalue weighted by Gasteiger charge is -2.18. The normalized spacial score (nSPS) is 13.7. The third kappa shape index (κ3) is 3.34. The predicted molar refractivity (Wildman–Crippen MR) is 92.2 cm³/mol. The Morgan fingerprint density at radius 1 is 1.13 bits per heavy atom. The SMILES string of the molecule is CC(C)(C)c1ccc(C(=O)C(=O)Nc2nc3c(s2)CCC3)cc1. The average molecular weight is 328 g/mol. The van der Waals surface area contributed by atoms with Gasteiger partial charge in [0, 0.05) is 10.4 Å². The summed E-state index contributed by atoms with van der Waals surface area (Å²) < 4.78 is 0. The second-order valence-electron chi connectivity index (χ2n) is 6.85. The third-order valence-electron chi connectivity index (χ3n) is 4.04. The van der Waals surface area contributed by atoms with E-state index >= 15 is 0 Å². The maximum absolute atomic E-state index is 12.3. The Bertz CT molecular complexity index is 733. The number of aryl methyl sites for hydroxylation is 2. The summed E-state index contributed by atoms with van der Waals surface area (Å²) in [5, 5.41) is 3.16. The van der Waals surface area contributed by atoms with Crippen molar-refractivity contribution in [3.05, 3.63) is 46.0 Å². The monoisotopic (exact) mass is 328 g/mol. The number of fused-ring (bicyclic) bond motifs is 1. The van der Waals surface area contributed by atoms with Crippen molar-refractivity contribution < 1.29 is 9.59 Å². The van der Waals surface area contributed by atoms with E-state index in [0.29, 0.717) is 10.7 Å². The summed E-state index contributed by atoms with van der Waals surface area (Å²) in [5.41, 5.74) is 2.61. The summed E-state index contributed by atoms with van der Waals surface area (Å²) in [4.78, 5) is 30.0. The topological polar surface area (TPSA) is 59.1 Å². The van der Waals surface area contributed by atoms with Crippen LogP contribution in [-0.2, 0) is 23.1 Å². The van der Waals surface area contributed by atoms with Crippen LogP contribution in [0.3, 0.4) is 0 Å². The van der Waals surface area contributed by atoms with Crippen molar-refractivity contribution in [3.63, 3.8) is 0 Å². The largest absolute Gasteiger partial charge is 0.298 e. The van der Waals surface area contributed by atoms with Gasteiger partial charge in [0.1, 0.15) is 0 Å². The van der Waals surface area contributed by atoms with E-state index in [1.165, 1.54) is 16.2 Å². The van der Waals surface area contributed by atoms with Gasteiger partial charge in [-0.2, -0.15) is 0 Å². The van der Waals surface area contributed by atoms with Crippen LogP contribution in [0.1, 0.15) is 53.7 Å². The molecule has 0 saturated heterocycles. The fourth-order valence-electron chi connectivity index (χ4n) is 2.65. The number of ketones is 1. The van der Waals surface area contributed by atoms with Gasteiger partial charge in [-0.15, -0.1) is 11.3 Å². The Balaban J connectivity index is 1.70. The molecule has 1 heterocycles. The van der Waals surface area contributed by atoms with Gasteiger partial charge in [0.05, 0.1) is 5.69 Å². The highest BCUT2D eigenvalue weighted by Gasteiger charge is 2.22. The van der Waals surface area contributed by atoms with Crippen molar-refractivity contribution in [2.75, 3.05) is 5.32 Å². The molecule has 1 aromatic heterocycles. The number of hydrogen-bond acceptors (Lipinski definition) is 4. The maximum Gasteiger partial charge on any atom is 0.298 e. The standard InChI is InChI=1S/C18H20N2O2S/c1-18(2,3)12-9-7-11(8-10-12)15(21)16(22)20-17-19-13-5-4-6-14(13)23-17/h7-10H,4-6H2,1-3H3,(H,19,20,22). The van der Waals surface area contributed by atoms with Gasteiger partial charge < -0.3 is 0 Å². The molecule has 0 saturated carbocycles. The van der Waals surface area contributed by atoms with Crippen LogP contribution in [0.5, 0.6) is 0 Å². The molecule has 0 radical (unpaired) electrons. The predicted octanol–water partition coefficient (Wildman–Crippen LogP) is 3.75. The molecule has 0 spiro atoms. The van der Waals surface area contributed by atoms with Gasteiger partial charge >= 0.3 is 0 Å². The number of Topliss-reactive ketones (excluding diaryl/α,β-unsaturated/α-hetero) is 1. The van der Waals surface area contributed by atoms with Crippen molar-refractivity contribution in [1.82, 2.24) is 4.98 Å². The molecule has 0 atom stereocenters. The number of nitrogens with one attached hydrogen (secondary N) is 1. The number of hydrogen-bond donors (Lipinski definition) is 1. The van der Waals surface area contributed by atoms with E-state index in [-0.39, 0.29) is 5.41 Å². The average Bonchev–Trinajstić information content (AvgIpc) is 3.06. The zero-order valence-corrected chi connectivity index (χ0v) is 14.4. The molecule has 1 amide bonds. The smallest absolute Gasteiger partial charge is 0.295 e. The lowest BCUT2D eigenvalue weighted by Crippen LogP contribution is -2.23. The van der Waals surface area contributed by atoms with E-state index in [2.05, 4.69) is 31.1 Å². The molecule has 2 aromatic rings. The Morgan fingerprint density at radius 3 is 2.43 bits per heavy atom. The number of rotatable bonds is 3. The first-order valence-electron chi connectivity index (χ1n) is 7.79. The quantitative estimate of drug-likeness (QED) is 0.689. The first-order valence-corrected chi connectivity index (χ1v) is 8.61. The molecule has 0 fully saturated rings. The van der Waals surface area contributed by atoms with E-state index < -0.39 is 11.7 Å². The number of carbonyl (C=O) groups excluding carboxylic acids is 2. The highest BCUT2D eigenvalue weighted by atomic mass is 32.1. The molecule has 1 N–H and O–H groups in total. The number of amides is 1. The highest BCUT2D eigenvalue weighted by molar-refractivity contribution is 7.16. The molecule has 3 rings (SSSR count). The third-order valence-corrected chi connectivity index (χ3v) is 5.11. The zero-order valence-electron chi connectivity index (χ0n) is 13.6. The molecule has 1 aromatic carbocycles. The molecule has 1 aliphatic rings. The van der Waals surface area contributed by atoms with Gasteiger partial charge in [0.15, 0.2) is 5.13 Å². The summed E-state index contributed by atoms with van der Waals surface area (Å²) >= 11 is 1.47. The lowest BCUT2D eigenvalue weighted by atomic mass is 9.86. The second-order valence-corrected chi connectivity index (χ2v) is 7.94. The number of benzene rings is 1. The fraction of sp³-hybridized carbons (Fsp3) is 0.389. The molecule has 4 nitrogen and oxygen atoms in total. The fourth-order valence-corrected chi connectivity index (χ4v) is 3.70. The number of nitrogens with zero attached hydrogens (tertiary/aromatic N) is 1. The molecular formula is C18H20N2O2S. The van der Waals surface area contributed by atoms with Crippen LogP contribution in [0.4, 0.5) is 5.13 Å². The molecular weight excluding hydrogens is 308 g/mol. The number of carbonyl (C=O) groups is 2. The van der Waals surface area contributed by atoms with E-state index in [0.717, 1.165) is 30.5 Å². The van der Waals surface area contributed by atoms with Crippen LogP contribution in [0.25, 0.3) is 0 Å². The van der Waals surface area contributed by atoms with Crippen molar-refractivity contribution in [3.8, 4) is 0 Å². The van der Waals surface area contributed by atoms with Gasteiger partial charge in [-0.25, -0.2) is 4.98 Å². The Hall–Kier alpha value is -2.01. The van der Waals surface area contributed by atoms with Crippen molar-refractivity contribution >= 4 is 28.2 Å². The van der Waals surface area contributed by atoms with Crippen LogP contribution < -0.4 is 5.32 Å². The van der Waals surface area contributed by atoms with Crippen molar-refractivity contribution in [2.24, 2.45) is 0 Å². The first kappa shape index (κ1) is 15.9. The van der Waals surface area contributed by atoms with Gasteiger partial charge in [-0.3, -0.25) is 14.9 Å². The van der Waals surface area contributed by atoms with Gasteiger partial charge in [-0.05, 0) is 30.2 Å². The minimum atomic E-state index is -0.624. The van der Waals surface area contributed by atoms with Gasteiger partial charge in [0.25, 0.3) is 11.7 Å². The second kappa shape index (κ2) is 5.89. The van der Waals surface area contributed by atoms with Crippen LogP contribution >= 0.6 is 11.3 Å². The minimum Gasteiger partial charge on any atom is -0.295 e. The zero-order chi connectivity index (χ0) is 16.6. The van der Waals surface area contributed by atoms with E-state index in [9.17, 15) is 9.59 Å². The van der Waals surface area contributed by atoms with E-state index in [1.54, 1.807) is 12.1 Å². The first-order chi connectivity index (χ1) is 10.8.